The van der Waals surface area contributed by atoms with E-state index in [1.165, 1.54) is 36.4 Å². The molecule has 0 bridgehead atoms. The van der Waals surface area contributed by atoms with Crippen LogP contribution in [-0.4, -0.2) is 39.0 Å². The fraction of sp³-hybridized carbons (Fsp3) is 0.318. The first-order chi connectivity index (χ1) is 15.7. The quantitative estimate of drug-likeness (QED) is 0.322. The van der Waals surface area contributed by atoms with Gasteiger partial charge >= 0.3 is 6.18 Å². The van der Waals surface area contributed by atoms with Crippen molar-refractivity contribution in [3.05, 3.63) is 75.7 Å². The molecule has 0 spiro atoms. The predicted molar refractivity (Wildman–Crippen MR) is 112 cm³/mol. The van der Waals surface area contributed by atoms with E-state index in [2.05, 4.69) is 10.1 Å². The zero-order chi connectivity index (χ0) is 24.0. The number of nitrogens with zero attached hydrogens (tertiary/aromatic N) is 4. The average molecular weight is 462 g/mol. The summed E-state index contributed by atoms with van der Waals surface area (Å²) in [5.74, 6) is 0.145. The van der Waals surface area contributed by atoms with Gasteiger partial charge in [-0.15, -0.1) is 0 Å². The second-order valence-electron chi connectivity index (χ2n) is 7.29. The van der Waals surface area contributed by atoms with E-state index in [4.69, 9.17) is 4.52 Å². The highest BCUT2D eigenvalue weighted by atomic mass is 19.4. The van der Waals surface area contributed by atoms with Crippen molar-refractivity contribution in [3.8, 4) is 11.4 Å². The third-order valence-corrected chi connectivity index (χ3v) is 4.93. The van der Waals surface area contributed by atoms with Crippen molar-refractivity contribution in [2.75, 3.05) is 13.1 Å². The Morgan fingerprint density at radius 1 is 1.09 bits per heavy atom. The van der Waals surface area contributed by atoms with Gasteiger partial charge in [0.15, 0.2) is 0 Å². The number of carbonyl (C=O) groups is 1. The third-order valence-electron chi connectivity index (χ3n) is 4.93. The summed E-state index contributed by atoms with van der Waals surface area (Å²) in [4.78, 5) is 28.9. The van der Waals surface area contributed by atoms with Crippen LogP contribution in [0.4, 0.5) is 18.9 Å². The summed E-state index contributed by atoms with van der Waals surface area (Å²) in [6.07, 6.45) is -2.66. The molecule has 1 heterocycles. The molecule has 0 aliphatic heterocycles. The molecule has 2 aromatic carbocycles. The Labute approximate surface area is 187 Å². The van der Waals surface area contributed by atoms with Crippen LogP contribution in [0, 0.1) is 10.1 Å². The fourth-order valence-electron chi connectivity index (χ4n) is 3.08. The number of aromatic nitrogens is 2. The Morgan fingerprint density at radius 3 is 2.33 bits per heavy atom. The van der Waals surface area contributed by atoms with Gasteiger partial charge in [0, 0.05) is 42.8 Å². The normalized spacial score (nSPS) is 11.4. The van der Waals surface area contributed by atoms with Crippen LogP contribution >= 0.6 is 0 Å². The van der Waals surface area contributed by atoms with E-state index in [1.54, 1.807) is 4.90 Å². The van der Waals surface area contributed by atoms with Crippen LogP contribution in [0.3, 0.4) is 0 Å². The van der Waals surface area contributed by atoms with Crippen LogP contribution in [0.2, 0.25) is 0 Å². The lowest BCUT2D eigenvalue weighted by Gasteiger charge is -2.22. The van der Waals surface area contributed by atoms with E-state index in [0.29, 0.717) is 12.1 Å². The number of unbranched alkanes of at least 4 members (excludes halogenated alkanes) is 1. The van der Waals surface area contributed by atoms with Gasteiger partial charge in [-0.05, 0) is 42.8 Å². The van der Waals surface area contributed by atoms with Gasteiger partial charge in [0.1, 0.15) is 0 Å². The van der Waals surface area contributed by atoms with Gasteiger partial charge in [-0.2, -0.15) is 18.2 Å². The molecule has 0 saturated heterocycles. The molecule has 0 fully saturated rings. The molecule has 174 valence electrons. The van der Waals surface area contributed by atoms with Gasteiger partial charge in [-0.3, -0.25) is 14.9 Å². The summed E-state index contributed by atoms with van der Waals surface area (Å²) in [5, 5.41) is 14.6. The van der Waals surface area contributed by atoms with E-state index in [0.717, 1.165) is 25.0 Å². The molecule has 0 aliphatic rings. The predicted octanol–water partition coefficient (Wildman–Crippen LogP) is 5.15. The summed E-state index contributed by atoms with van der Waals surface area (Å²) >= 11 is 0. The lowest BCUT2D eigenvalue weighted by atomic mass is 10.1. The zero-order valence-electron chi connectivity index (χ0n) is 17.7. The van der Waals surface area contributed by atoms with E-state index >= 15 is 0 Å². The van der Waals surface area contributed by atoms with Crippen molar-refractivity contribution in [1.82, 2.24) is 15.0 Å². The molecule has 0 aliphatic carbocycles. The molecule has 0 radical (unpaired) electrons. The van der Waals surface area contributed by atoms with Crippen LogP contribution in [0.5, 0.6) is 0 Å². The Balaban J connectivity index is 1.68. The van der Waals surface area contributed by atoms with Gasteiger partial charge in [0.05, 0.1) is 10.5 Å². The highest BCUT2D eigenvalue weighted by Gasteiger charge is 2.30. The number of non-ortho nitro benzene ring substituents is 1. The first-order valence-corrected chi connectivity index (χ1v) is 10.2. The average Bonchev–Trinajstić information content (AvgIpc) is 3.27. The minimum atomic E-state index is -4.47. The van der Waals surface area contributed by atoms with Gasteiger partial charge in [-0.1, -0.05) is 18.5 Å². The number of benzene rings is 2. The molecule has 0 N–H and O–H groups in total. The summed E-state index contributed by atoms with van der Waals surface area (Å²) in [5.41, 5.74) is -0.171. The van der Waals surface area contributed by atoms with Crippen molar-refractivity contribution >= 4 is 11.6 Å². The molecule has 1 aromatic heterocycles. The molecular weight excluding hydrogens is 441 g/mol. The number of alkyl halides is 3. The van der Waals surface area contributed by atoms with Gasteiger partial charge < -0.3 is 9.42 Å². The lowest BCUT2D eigenvalue weighted by Crippen LogP contribution is -2.34. The van der Waals surface area contributed by atoms with E-state index in [-0.39, 0.29) is 41.8 Å². The maximum absolute atomic E-state index is 12.9. The topological polar surface area (TPSA) is 102 Å². The van der Waals surface area contributed by atoms with E-state index < -0.39 is 16.7 Å². The van der Waals surface area contributed by atoms with Crippen molar-refractivity contribution in [2.24, 2.45) is 0 Å². The number of nitro groups is 1. The minimum absolute atomic E-state index is 0.0594. The maximum Gasteiger partial charge on any atom is 0.416 e. The minimum Gasteiger partial charge on any atom is -0.339 e. The number of hydrogen-bond donors (Lipinski definition) is 0. The highest BCUT2D eigenvalue weighted by molar-refractivity contribution is 5.94. The van der Waals surface area contributed by atoms with Crippen LogP contribution in [0.15, 0.2) is 53.1 Å². The molecule has 1 amide bonds. The Morgan fingerprint density at radius 2 is 1.76 bits per heavy atom. The number of carbonyl (C=O) groups excluding carboxylic acids is 1. The number of rotatable bonds is 9. The standard InChI is InChI=1S/C22H21F3N4O4/c1-2-3-13-28(21(30)16-4-8-17(9-5-16)22(23,24)25)14-12-19-26-20(27-33-19)15-6-10-18(11-7-15)29(31)32/h4-11H,2-3,12-14H2,1H3. The number of hydrogen-bond acceptors (Lipinski definition) is 6. The third kappa shape index (κ3) is 6.15. The molecular formula is C22H21F3N4O4. The number of amides is 1. The van der Waals surface area contributed by atoms with Crippen molar-refractivity contribution in [3.63, 3.8) is 0 Å². The second kappa shape index (κ2) is 10.2. The van der Waals surface area contributed by atoms with Crippen LogP contribution in [0.1, 0.15) is 41.6 Å². The molecule has 3 rings (SSSR count). The number of halogens is 3. The van der Waals surface area contributed by atoms with Crippen LogP contribution < -0.4 is 0 Å². The Kier molecular flexibility index (Phi) is 7.41. The van der Waals surface area contributed by atoms with Gasteiger partial charge in [-0.25, -0.2) is 0 Å². The smallest absolute Gasteiger partial charge is 0.339 e. The molecule has 8 nitrogen and oxygen atoms in total. The molecule has 3 aromatic rings. The second-order valence-corrected chi connectivity index (χ2v) is 7.29. The highest BCUT2D eigenvalue weighted by Crippen LogP contribution is 2.29. The summed E-state index contributed by atoms with van der Waals surface area (Å²) in [6, 6.07) is 9.80. The van der Waals surface area contributed by atoms with Crippen LogP contribution in [0.25, 0.3) is 11.4 Å². The molecule has 11 heteroatoms. The van der Waals surface area contributed by atoms with Crippen molar-refractivity contribution < 1.29 is 27.4 Å². The monoisotopic (exact) mass is 462 g/mol. The molecule has 0 atom stereocenters. The molecule has 33 heavy (non-hydrogen) atoms. The molecule has 0 saturated carbocycles. The number of nitro benzene ring substituents is 1. The fourth-order valence-corrected chi connectivity index (χ4v) is 3.08. The van der Waals surface area contributed by atoms with Gasteiger partial charge in [0.2, 0.25) is 11.7 Å². The van der Waals surface area contributed by atoms with Crippen molar-refractivity contribution in [1.29, 1.82) is 0 Å². The van der Waals surface area contributed by atoms with E-state index in [9.17, 15) is 28.1 Å². The first kappa shape index (κ1) is 23.9. The molecule has 0 unspecified atom stereocenters. The van der Waals surface area contributed by atoms with Gasteiger partial charge in [0.25, 0.3) is 11.6 Å². The maximum atomic E-state index is 12.9. The first-order valence-electron chi connectivity index (χ1n) is 10.2. The summed E-state index contributed by atoms with van der Waals surface area (Å²) in [7, 11) is 0. The largest absolute Gasteiger partial charge is 0.416 e. The lowest BCUT2D eigenvalue weighted by molar-refractivity contribution is -0.384. The zero-order valence-corrected chi connectivity index (χ0v) is 17.7. The Hall–Kier alpha value is -3.76. The summed E-state index contributed by atoms with van der Waals surface area (Å²) < 4.78 is 43.6. The SMILES string of the molecule is CCCCN(CCc1nc(-c2ccc([N+](=O)[O-])cc2)no1)C(=O)c1ccc(C(F)(F)F)cc1. The van der Waals surface area contributed by atoms with E-state index in [1.807, 2.05) is 6.92 Å². The Bertz CT molecular complexity index is 1100. The van der Waals surface area contributed by atoms with Crippen molar-refractivity contribution in [2.45, 2.75) is 32.4 Å². The van der Waals surface area contributed by atoms with Crippen LogP contribution in [-0.2, 0) is 12.6 Å². The summed E-state index contributed by atoms with van der Waals surface area (Å²) in [6.45, 7) is 2.64.